The van der Waals surface area contributed by atoms with E-state index in [1.807, 2.05) is 25.1 Å². The third kappa shape index (κ3) is 3.75. The molecule has 0 bridgehead atoms. The van der Waals surface area contributed by atoms with Crippen LogP contribution in [0.2, 0.25) is 0 Å². The van der Waals surface area contributed by atoms with Crippen LogP contribution in [0.3, 0.4) is 0 Å². The summed E-state index contributed by atoms with van der Waals surface area (Å²) >= 11 is 3.36. The monoisotopic (exact) mass is 354 g/mol. The number of rotatable bonds is 4. The molecule has 3 N–H and O–H groups in total. The Bertz CT molecular complexity index is 554. The lowest BCUT2D eigenvalue weighted by atomic mass is 9.86. The fourth-order valence-corrected chi connectivity index (χ4v) is 3.02. The summed E-state index contributed by atoms with van der Waals surface area (Å²) in [6, 6.07) is 5.24. The molecule has 21 heavy (non-hydrogen) atoms. The Hall–Kier alpha value is -1.56. The van der Waals surface area contributed by atoms with Crippen molar-refractivity contribution in [3.8, 4) is 0 Å². The summed E-state index contributed by atoms with van der Waals surface area (Å²) < 4.78 is 0.876. The maximum atomic E-state index is 12.0. The molecule has 0 radical (unpaired) electrons. The van der Waals surface area contributed by atoms with Crippen LogP contribution in [0.25, 0.3) is 0 Å². The summed E-state index contributed by atoms with van der Waals surface area (Å²) in [5.41, 5.74) is 0.851. The van der Waals surface area contributed by atoms with E-state index in [-0.39, 0.29) is 12.6 Å². The Balaban J connectivity index is 1.96. The van der Waals surface area contributed by atoms with Crippen LogP contribution in [-0.2, 0) is 4.79 Å². The lowest BCUT2D eigenvalue weighted by Gasteiger charge is -2.24. The zero-order chi connectivity index (χ0) is 15.5. The van der Waals surface area contributed by atoms with Gasteiger partial charge in [-0.15, -0.1) is 0 Å². The average molecular weight is 355 g/mol. The lowest BCUT2D eigenvalue weighted by Crippen LogP contribution is -2.42. The van der Waals surface area contributed by atoms with Crippen molar-refractivity contribution >= 4 is 33.6 Å². The Morgan fingerprint density at radius 1 is 1.33 bits per heavy atom. The molecular formula is C15H19BrN2O3. The first-order chi connectivity index (χ1) is 9.93. The van der Waals surface area contributed by atoms with Crippen LogP contribution in [0.4, 0.5) is 10.5 Å². The SMILES string of the molecule is Cc1ccc(Br)cc1NC(=O)NCC1(C(=O)O)CCCC1. The number of carbonyl (C=O) groups excluding carboxylic acids is 1. The Kier molecular flexibility index (Phi) is 4.88. The van der Waals surface area contributed by atoms with E-state index in [1.54, 1.807) is 0 Å². The molecule has 1 aromatic rings. The summed E-state index contributed by atoms with van der Waals surface area (Å²) in [5, 5.41) is 14.8. The van der Waals surface area contributed by atoms with Crippen molar-refractivity contribution < 1.29 is 14.7 Å². The van der Waals surface area contributed by atoms with Crippen molar-refractivity contribution in [3.05, 3.63) is 28.2 Å². The molecule has 1 saturated carbocycles. The van der Waals surface area contributed by atoms with E-state index in [2.05, 4.69) is 26.6 Å². The molecule has 0 heterocycles. The topological polar surface area (TPSA) is 78.4 Å². The molecule has 2 rings (SSSR count). The number of amides is 2. The van der Waals surface area contributed by atoms with Gasteiger partial charge < -0.3 is 15.7 Å². The first-order valence-electron chi connectivity index (χ1n) is 6.97. The molecule has 1 aliphatic carbocycles. The second-order valence-electron chi connectivity index (χ2n) is 5.56. The normalized spacial score (nSPS) is 16.5. The van der Waals surface area contributed by atoms with Crippen molar-refractivity contribution in [3.63, 3.8) is 0 Å². The maximum Gasteiger partial charge on any atom is 0.319 e. The quantitative estimate of drug-likeness (QED) is 0.773. The Labute approximate surface area is 132 Å². The molecule has 6 heteroatoms. The fraction of sp³-hybridized carbons (Fsp3) is 0.467. The number of hydrogen-bond acceptors (Lipinski definition) is 2. The Morgan fingerprint density at radius 2 is 2.00 bits per heavy atom. The minimum absolute atomic E-state index is 0.168. The van der Waals surface area contributed by atoms with Crippen molar-refractivity contribution in [1.82, 2.24) is 5.32 Å². The van der Waals surface area contributed by atoms with Crippen LogP contribution >= 0.6 is 15.9 Å². The van der Waals surface area contributed by atoms with Crippen molar-refractivity contribution in [2.75, 3.05) is 11.9 Å². The fourth-order valence-electron chi connectivity index (χ4n) is 2.66. The zero-order valence-corrected chi connectivity index (χ0v) is 13.5. The van der Waals surface area contributed by atoms with E-state index in [0.717, 1.165) is 22.9 Å². The molecule has 0 atom stereocenters. The molecule has 0 unspecified atom stereocenters. The summed E-state index contributed by atoms with van der Waals surface area (Å²) in [5.74, 6) is -0.820. The van der Waals surface area contributed by atoms with Gasteiger partial charge in [0.25, 0.3) is 0 Å². The predicted molar refractivity (Wildman–Crippen MR) is 84.4 cm³/mol. The highest BCUT2D eigenvalue weighted by Crippen LogP contribution is 2.37. The van der Waals surface area contributed by atoms with Crippen LogP contribution in [0.1, 0.15) is 31.2 Å². The summed E-state index contributed by atoms with van der Waals surface area (Å²) in [6.07, 6.45) is 3.05. The van der Waals surface area contributed by atoms with Gasteiger partial charge in [0.05, 0.1) is 5.41 Å². The number of aliphatic carboxylic acids is 1. The number of aryl methyl sites for hydroxylation is 1. The van der Waals surface area contributed by atoms with Crippen LogP contribution in [0.15, 0.2) is 22.7 Å². The van der Waals surface area contributed by atoms with Gasteiger partial charge in [0.2, 0.25) is 0 Å². The zero-order valence-electron chi connectivity index (χ0n) is 11.9. The summed E-state index contributed by atoms with van der Waals surface area (Å²) in [6.45, 7) is 2.07. The molecule has 2 amide bonds. The predicted octanol–water partition coefficient (Wildman–Crippen LogP) is 3.52. The number of benzene rings is 1. The van der Waals surface area contributed by atoms with E-state index < -0.39 is 11.4 Å². The molecule has 114 valence electrons. The molecule has 0 spiro atoms. The molecule has 1 fully saturated rings. The summed E-state index contributed by atoms with van der Waals surface area (Å²) in [7, 11) is 0. The van der Waals surface area contributed by atoms with E-state index in [4.69, 9.17) is 0 Å². The van der Waals surface area contributed by atoms with Gasteiger partial charge in [-0.3, -0.25) is 4.79 Å². The summed E-state index contributed by atoms with van der Waals surface area (Å²) in [4.78, 5) is 23.4. The van der Waals surface area contributed by atoms with Gasteiger partial charge in [0, 0.05) is 16.7 Å². The van der Waals surface area contributed by atoms with Crippen LogP contribution in [0.5, 0.6) is 0 Å². The number of carboxylic acid groups (broad SMARTS) is 1. The number of carboxylic acids is 1. The van der Waals surface area contributed by atoms with Gasteiger partial charge in [-0.2, -0.15) is 0 Å². The van der Waals surface area contributed by atoms with Gasteiger partial charge in [-0.05, 0) is 37.5 Å². The molecule has 0 aliphatic heterocycles. The maximum absolute atomic E-state index is 12.0. The molecular weight excluding hydrogens is 336 g/mol. The third-order valence-corrected chi connectivity index (χ3v) is 4.54. The minimum atomic E-state index is -0.820. The van der Waals surface area contributed by atoms with Crippen molar-refractivity contribution in [2.24, 2.45) is 5.41 Å². The highest BCUT2D eigenvalue weighted by atomic mass is 79.9. The number of urea groups is 1. The Morgan fingerprint density at radius 3 is 2.62 bits per heavy atom. The van der Waals surface area contributed by atoms with Crippen LogP contribution in [-0.4, -0.2) is 23.7 Å². The molecule has 0 aromatic heterocycles. The third-order valence-electron chi connectivity index (χ3n) is 4.05. The highest BCUT2D eigenvalue weighted by Gasteiger charge is 2.41. The second kappa shape index (κ2) is 6.47. The molecule has 1 aromatic carbocycles. The minimum Gasteiger partial charge on any atom is -0.481 e. The first kappa shape index (κ1) is 15.8. The first-order valence-corrected chi connectivity index (χ1v) is 7.77. The van der Waals surface area contributed by atoms with Gasteiger partial charge >= 0.3 is 12.0 Å². The standard InChI is InChI=1S/C15H19BrN2O3/c1-10-4-5-11(16)8-12(10)18-14(21)17-9-15(13(19)20)6-2-3-7-15/h4-5,8H,2-3,6-7,9H2,1H3,(H,19,20)(H2,17,18,21). The van der Waals surface area contributed by atoms with Crippen LogP contribution < -0.4 is 10.6 Å². The van der Waals surface area contributed by atoms with Gasteiger partial charge in [-0.25, -0.2) is 4.79 Å². The van der Waals surface area contributed by atoms with Crippen molar-refractivity contribution in [2.45, 2.75) is 32.6 Å². The van der Waals surface area contributed by atoms with Gasteiger partial charge in [0.1, 0.15) is 0 Å². The lowest BCUT2D eigenvalue weighted by molar-refractivity contribution is -0.148. The number of nitrogens with one attached hydrogen (secondary N) is 2. The number of anilines is 1. The smallest absolute Gasteiger partial charge is 0.319 e. The average Bonchev–Trinajstić information content (AvgIpc) is 2.91. The molecule has 5 nitrogen and oxygen atoms in total. The van der Waals surface area contributed by atoms with Crippen LogP contribution in [0, 0.1) is 12.3 Å². The van der Waals surface area contributed by atoms with E-state index in [9.17, 15) is 14.7 Å². The van der Waals surface area contributed by atoms with E-state index >= 15 is 0 Å². The number of hydrogen-bond donors (Lipinski definition) is 3. The van der Waals surface area contributed by atoms with E-state index in [0.29, 0.717) is 18.5 Å². The largest absolute Gasteiger partial charge is 0.481 e. The molecule has 0 saturated heterocycles. The highest BCUT2D eigenvalue weighted by molar-refractivity contribution is 9.10. The van der Waals surface area contributed by atoms with Crippen molar-refractivity contribution in [1.29, 1.82) is 0 Å². The van der Waals surface area contributed by atoms with Gasteiger partial charge in [0.15, 0.2) is 0 Å². The molecule has 1 aliphatic rings. The number of halogens is 1. The second-order valence-corrected chi connectivity index (χ2v) is 6.48. The van der Waals surface area contributed by atoms with Gasteiger partial charge in [-0.1, -0.05) is 34.8 Å². The van der Waals surface area contributed by atoms with E-state index in [1.165, 1.54) is 0 Å². The number of carbonyl (C=O) groups is 2.